The first-order valence-corrected chi connectivity index (χ1v) is 7.68. The zero-order valence-corrected chi connectivity index (χ0v) is 13.4. The molecule has 0 bridgehead atoms. The maximum Gasteiger partial charge on any atom is 0.0250 e. The third-order valence-corrected chi connectivity index (χ3v) is 4.83. The van der Waals surface area contributed by atoms with Gasteiger partial charge >= 0.3 is 0 Å². The van der Waals surface area contributed by atoms with Crippen LogP contribution in [0.5, 0.6) is 0 Å². The Morgan fingerprint density at radius 3 is 2.05 bits per heavy atom. The van der Waals surface area contributed by atoms with E-state index in [1.165, 1.54) is 37.9 Å². The van der Waals surface area contributed by atoms with Crippen molar-refractivity contribution in [3.8, 4) is 0 Å². The van der Waals surface area contributed by atoms with Gasteiger partial charge in [0.2, 0.25) is 0 Å². The lowest BCUT2D eigenvalue weighted by Crippen LogP contribution is -1.87. The van der Waals surface area contributed by atoms with Gasteiger partial charge in [0.15, 0.2) is 0 Å². The van der Waals surface area contributed by atoms with Gasteiger partial charge in [0.25, 0.3) is 0 Å². The minimum Gasteiger partial charge on any atom is -0.0622 e. The summed E-state index contributed by atoms with van der Waals surface area (Å²) in [7, 11) is 0. The van der Waals surface area contributed by atoms with Crippen molar-refractivity contribution in [2.24, 2.45) is 0 Å². The van der Waals surface area contributed by atoms with Crippen LogP contribution in [0.2, 0.25) is 0 Å². The van der Waals surface area contributed by atoms with Crippen LogP contribution in [0, 0.1) is 0 Å². The van der Waals surface area contributed by atoms with Gasteiger partial charge in [0.05, 0.1) is 0 Å². The molecule has 0 atom stereocenters. The van der Waals surface area contributed by atoms with E-state index < -0.39 is 0 Å². The highest BCUT2D eigenvalue weighted by Gasteiger charge is 2.21. The molecule has 0 unspecified atom stereocenters. The fourth-order valence-corrected chi connectivity index (χ4v) is 3.38. The second kappa shape index (κ2) is 5.41. The van der Waals surface area contributed by atoms with Crippen molar-refractivity contribution >= 4 is 27.1 Å². The van der Waals surface area contributed by atoms with Crippen LogP contribution in [0.1, 0.15) is 31.4 Å². The summed E-state index contributed by atoms with van der Waals surface area (Å²) in [5, 5.41) is 0. The van der Waals surface area contributed by atoms with E-state index in [0.717, 1.165) is 6.42 Å². The van der Waals surface area contributed by atoms with E-state index in [1.807, 2.05) is 0 Å². The molecule has 0 nitrogen and oxygen atoms in total. The third kappa shape index (κ3) is 2.27. The van der Waals surface area contributed by atoms with Crippen LogP contribution in [0.3, 0.4) is 0 Å². The first kappa shape index (κ1) is 13.4. The second-order valence-corrected chi connectivity index (χ2v) is 6.08. The highest BCUT2D eigenvalue weighted by Crippen LogP contribution is 2.44. The smallest absolute Gasteiger partial charge is 0.0250 e. The predicted molar refractivity (Wildman–Crippen MR) is 90.4 cm³/mol. The quantitative estimate of drug-likeness (QED) is 0.626. The molecule has 1 aliphatic carbocycles. The van der Waals surface area contributed by atoms with E-state index in [2.05, 4.69) is 84.4 Å². The summed E-state index contributed by atoms with van der Waals surface area (Å²) in [6, 6.07) is 19.2. The Morgan fingerprint density at radius 1 is 0.750 bits per heavy atom. The van der Waals surface area contributed by atoms with Crippen LogP contribution in [-0.4, -0.2) is 0 Å². The fourth-order valence-electron chi connectivity index (χ4n) is 2.86. The number of hydrogen-bond acceptors (Lipinski definition) is 0. The standard InChI is InChI=1S/C19H17Br/c1-13-14(2)18(16-10-6-7-11-19(16)20)12-17(13)15-8-4-3-5-9-15/h3-11H,12H2,1-2H3. The van der Waals surface area contributed by atoms with E-state index in [-0.39, 0.29) is 0 Å². The van der Waals surface area contributed by atoms with Crippen molar-refractivity contribution in [1.82, 2.24) is 0 Å². The number of rotatable bonds is 2. The van der Waals surface area contributed by atoms with E-state index in [0.29, 0.717) is 0 Å². The molecule has 1 aliphatic rings. The van der Waals surface area contributed by atoms with Gasteiger partial charge in [-0.2, -0.15) is 0 Å². The lowest BCUT2D eigenvalue weighted by atomic mass is 9.98. The van der Waals surface area contributed by atoms with Crippen molar-refractivity contribution in [1.29, 1.82) is 0 Å². The molecule has 0 saturated carbocycles. The van der Waals surface area contributed by atoms with Crippen molar-refractivity contribution < 1.29 is 0 Å². The predicted octanol–water partition coefficient (Wildman–Crippen LogP) is 6.10. The Balaban J connectivity index is 2.03. The van der Waals surface area contributed by atoms with Crippen LogP contribution < -0.4 is 0 Å². The lowest BCUT2D eigenvalue weighted by molar-refractivity contribution is 1.38. The van der Waals surface area contributed by atoms with E-state index in [1.54, 1.807) is 0 Å². The lowest BCUT2D eigenvalue weighted by Gasteiger charge is -2.08. The maximum atomic E-state index is 3.68. The Labute approximate surface area is 129 Å². The zero-order chi connectivity index (χ0) is 14.1. The normalized spacial score (nSPS) is 15.2. The Hall–Kier alpha value is -1.60. The second-order valence-electron chi connectivity index (χ2n) is 5.23. The van der Waals surface area contributed by atoms with Gasteiger partial charge in [-0.05, 0) is 59.8 Å². The molecule has 1 heteroatoms. The molecule has 2 aromatic rings. The minimum atomic E-state index is 1.02. The number of benzene rings is 2. The summed E-state index contributed by atoms with van der Waals surface area (Å²) in [5.74, 6) is 0. The highest BCUT2D eigenvalue weighted by molar-refractivity contribution is 9.10. The van der Waals surface area contributed by atoms with E-state index in [4.69, 9.17) is 0 Å². The largest absolute Gasteiger partial charge is 0.0622 e. The Kier molecular flexibility index (Phi) is 3.62. The van der Waals surface area contributed by atoms with E-state index >= 15 is 0 Å². The first-order chi connectivity index (χ1) is 9.68. The zero-order valence-electron chi connectivity index (χ0n) is 11.8. The number of hydrogen-bond donors (Lipinski definition) is 0. The molecule has 0 radical (unpaired) electrons. The van der Waals surface area contributed by atoms with Crippen LogP contribution >= 0.6 is 15.9 Å². The molecule has 0 N–H and O–H groups in total. The van der Waals surface area contributed by atoms with Gasteiger partial charge < -0.3 is 0 Å². The molecule has 0 aliphatic heterocycles. The van der Waals surface area contributed by atoms with Crippen molar-refractivity contribution in [3.05, 3.63) is 81.3 Å². The summed E-state index contributed by atoms with van der Waals surface area (Å²) in [5.41, 5.74) is 8.38. The Morgan fingerprint density at radius 2 is 1.35 bits per heavy atom. The number of halogens is 1. The average Bonchev–Trinajstić information content (AvgIpc) is 2.77. The van der Waals surface area contributed by atoms with E-state index in [9.17, 15) is 0 Å². The molecule has 0 spiro atoms. The minimum absolute atomic E-state index is 1.02. The molecule has 3 rings (SSSR count). The summed E-state index contributed by atoms with van der Waals surface area (Å²) in [4.78, 5) is 0. The third-order valence-electron chi connectivity index (χ3n) is 4.14. The van der Waals surface area contributed by atoms with Crippen molar-refractivity contribution in [2.45, 2.75) is 20.3 Å². The van der Waals surface area contributed by atoms with Crippen LogP contribution in [-0.2, 0) is 0 Å². The molecule has 0 fully saturated rings. The number of allylic oxidation sites excluding steroid dienone is 4. The molecule has 20 heavy (non-hydrogen) atoms. The van der Waals surface area contributed by atoms with Gasteiger partial charge in [-0.3, -0.25) is 0 Å². The van der Waals surface area contributed by atoms with Gasteiger partial charge in [0.1, 0.15) is 0 Å². The molecular formula is C19H17Br. The first-order valence-electron chi connectivity index (χ1n) is 6.88. The molecule has 0 heterocycles. The van der Waals surface area contributed by atoms with Crippen LogP contribution in [0.15, 0.2) is 70.2 Å². The van der Waals surface area contributed by atoms with Gasteiger partial charge in [-0.1, -0.05) is 64.5 Å². The van der Waals surface area contributed by atoms with Crippen molar-refractivity contribution in [3.63, 3.8) is 0 Å². The molecule has 0 saturated heterocycles. The van der Waals surface area contributed by atoms with Gasteiger partial charge in [-0.15, -0.1) is 0 Å². The van der Waals surface area contributed by atoms with Gasteiger partial charge in [-0.25, -0.2) is 0 Å². The van der Waals surface area contributed by atoms with Crippen LogP contribution in [0.25, 0.3) is 11.1 Å². The molecule has 100 valence electrons. The molecule has 0 amide bonds. The summed E-state index contributed by atoms with van der Waals surface area (Å²) in [6.45, 7) is 4.47. The SMILES string of the molecule is CC1=C(c2ccccc2)CC(c2ccccc2Br)=C1C. The maximum absolute atomic E-state index is 3.68. The Bertz CT molecular complexity index is 706. The molecule has 0 aromatic heterocycles. The molecular weight excluding hydrogens is 308 g/mol. The topological polar surface area (TPSA) is 0 Å². The fraction of sp³-hybridized carbons (Fsp3) is 0.158. The highest BCUT2D eigenvalue weighted by atomic mass is 79.9. The molecule has 2 aromatic carbocycles. The average molecular weight is 325 g/mol. The monoisotopic (exact) mass is 324 g/mol. The van der Waals surface area contributed by atoms with Crippen LogP contribution in [0.4, 0.5) is 0 Å². The summed E-state index contributed by atoms with van der Waals surface area (Å²) >= 11 is 3.68. The summed E-state index contributed by atoms with van der Waals surface area (Å²) in [6.07, 6.45) is 1.02. The van der Waals surface area contributed by atoms with Crippen molar-refractivity contribution in [2.75, 3.05) is 0 Å². The summed E-state index contributed by atoms with van der Waals surface area (Å²) < 4.78 is 1.18. The van der Waals surface area contributed by atoms with Gasteiger partial charge in [0, 0.05) is 4.47 Å².